The first-order valence-corrected chi connectivity index (χ1v) is 8.42. The number of aliphatic hydroxyl groups excluding tert-OH is 1. The van der Waals surface area contributed by atoms with E-state index in [0.29, 0.717) is 22.3 Å². The number of aromatic nitrogens is 2. The number of carbonyl (C=O) groups excluding carboxylic acids is 1. The lowest BCUT2D eigenvalue weighted by Gasteiger charge is -2.28. The van der Waals surface area contributed by atoms with Crippen molar-refractivity contribution < 1.29 is 9.90 Å². The van der Waals surface area contributed by atoms with Gasteiger partial charge in [-0.1, -0.05) is 11.6 Å². The molecule has 0 unspecified atom stereocenters. The van der Waals surface area contributed by atoms with Crippen molar-refractivity contribution in [1.29, 1.82) is 0 Å². The molecule has 2 heterocycles. The molecule has 0 aliphatic carbocycles. The van der Waals surface area contributed by atoms with Crippen molar-refractivity contribution in [3.05, 3.63) is 39.4 Å². The lowest BCUT2D eigenvalue weighted by molar-refractivity contribution is -0.121. The van der Waals surface area contributed by atoms with Gasteiger partial charge in [-0.15, -0.1) is 0 Å². The molecule has 0 spiro atoms. The summed E-state index contributed by atoms with van der Waals surface area (Å²) >= 11 is 6.02. The normalized spacial score (nSPS) is 21.1. The van der Waals surface area contributed by atoms with Crippen LogP contribution in [-0.4, -0.2) is 39.1 Å². The molecule has 0 saturated carbocycles. The highest BCUT2D eigenvalue weighted by molar-refractivity contribution is 6.31. The van der Waals surface area contributed by atoms with Gasteiger partial charge in [0.15, 0.2) is 5.78 Å². The van der Waals surface area contributed by atoms with Crippen LogP contribution < -0.4 is 10.9 Å². The van der Waals surface area contributed by atoms with Gasteiger partial charge in [0.05, 0.1) is 29.9 Å². The van der Waals surface area contributed by atoms with Gasteiger partial charge >= 0.3 is 0 Å². The van der Waals surface area contributed by atoms with Gasteiger partial charge in [-0.3, -0.25) is 14.2 Å². The Kier molecular flexibility index (Phi) is 4.99. The summed E-state index contributed by atoms with van der Waals surface area (Å²) in [5, 5.41) is 14.0. The molecule has 1 aromatic heterocycles. The zero-order valence-electron chi connectivity index (χ0n) is 13.5. The van der Waals surface area contributed by atoms with Gasteiger partial charge in [0.1, 0.15) is 0 Å². The number of rotatable bonds is 4. The highest BCUT2D eigenvalue weighted by Crippen LogP contribution is 2.19. The molecule has 6 nitrogen and oxygen atoms in total. The Morgan fingerprint density at radius 2 is 2.29 bits per heavy atom. The lowest BCUT2D eigenvalue weighted by atomic mass is 9.97. The van der Waals surface area contributed by atoms with Crippen LogP contribution in [0.15, 0.2) is 23.3 Å². The van der Waals surface area contributed by atoms with Crippen molar-refractivity contribution in [2.45, 2.75) is 44.9 Å². The third kappa shape index (κ3) is 3.50. The largest absolute Gasteiger partial charge is 0.391 e. The number of piperidine rings is 1. The molecule has 0 bridgehead atoms. The molecule has 1 aliphatic rings. The molecule has 2 aromatic rings. The van der Waals surface area contributed by atoms with E-state index in [1.165, 1.54) is 10.9 Å². The zero-order valence-corrected chi connectivity index (χ0v) is 14.2. The number of ketones is 1. The van der Waals surface area contributed by atoms with Gasteiger partial charge < -0.3 is 10.4 Å². The number of carbonyl (C=O) groups is 1. The summed E-state index contributed by atoms with van der Waals surface area (Å²) in [6.45, 7) is 2.58. The maximum absolute atomic E-state index is 12.6. The Labute approximate surface area is 144 Å². The molecular formula is C17H20ClN3O3. The second-order valence-electron chi connectivity index (χ2n) is 6.31. The topological polar surface area (TPSA) is 84.2 Å². The number of Topliss-reactive ketones (excluding diaryl/α,β-unsaturated/α-hetero) is 1. The smallest absolute Gasteiger partial charge is 0.261 e. The van der Waals surface area contributed by atoms with Crippen molar-refractivity contribution in [2.24, 2.45) is 0 Å². The highest BCUT2D eigenvalue weighted by Gasteiger charge is 2.25. The number of hydrogen-bond donors (Lipinski definition) is 2. The van der Waals surface area contributed by atoms with Crippen molar-refractivity contribution in [2.75, 3.05) is 6.54 Å². The Hall–Kier alpha value is -1.76. The monoisotopic (exact) mass is 349 g/mol. The van der Waals surface area contributed by atoms with E-state index in [0.717, 1.165) is 18.5 Å². The molecule has 24 heavy (non-hydrogen) atoms. The predicted molar refractivity (Wildman–Crippen MR) is 92.4 cm³/mol. The van der Waals surface area contributed by atoms with Crippen LogP contribution in [0.1, 0.15) is 24.8 Å². The van der Waals surface area contributed by atoms with E-state index in [2.05, 4.69) is 10.3 Å². The van der Waals surface area contributed by atoms with E-state index in [1.54, 1.807) is 12.1 Å². The third-order valence-corrected chi connectivity index (χ3v) is 4.64. The minimum Gasteiger partial charge on any atom is -0.391 e. The fourth-order valence-corrected chi connectivity index (χ4v) is 3.43. The summed E-state index contributed by atoms with van der Waals surface area (Å²) in [7, 11) is 0. The van der Waals surface area contributed by atoms with Crippen LogP contribution in [0.2, 0.25) is 5.02 Å². The SMILES string of the molecule is Cc1cc(Cl)cc2c(=O)n(CC(=O)C[C@H]3NCCC[C@@H]3O)cnc12. The number of aliphatic hydroxyl groups is 1. The van der Waals surface area contributed by atoms with Crippen LogP contribution in [0.25, 0.3) is 10.9 Å². The number of halogens is 1. The molecular weight excluding hydrogens is 330 g/mol. The van der Waals surface area contributed by atoms with Gasteiger partial charge in [0.2, 0.25) is 0 Å². The van der Waals surface area contributed by atoms with Gasteiger partial charge in [-0.25, -0.2) is 4.98 Å². The second-order valence-corrected chi connectivity index (χ2v) is 6.75. The summed E-state index contributed by atoms with van der Waals surface area (Å²) in [5.41, 5.74) is 1.14. The first-order chi connectivity index (χ1) is 11.5. The minimum absolute atomic E-state index is 0.0573. The Morgan fingerprint density at radius 1 is 1.50 bits per heavy atom. The van der Waals surface area contributed by atoms with Crippen LogP contribution in [0.4, 0.5) is 0 Å². The standard InChI is InChI=1S/C17H20ClN3O3/c1-10-5-11(18)6-13-16(10)20-9-21(17(13)24)8-12(22)7-14-15(23)3-2-4-19-14/h5-6,9,14-15,19,23H,2-4,7-8H2,1H3/t14-,15+/m1/s1. The summed E-state index contributed by atoms with van der Waals surface area (Å²) < 4.78 is 1.30. The lowest BCUT2D eigenvalue weighted by Crippen LogP contribution is -2.46. The Balaban J connectivity index is 1.81. The predicted octanol–water partition coefficient (Wildman–Crippen LogP) is 1.43. The molecule has 3 rings (SSSR count). The Bertz CT molecular complexity index is 834. The fraction of sp³-hybridized carbons (Fsp3) is 0.471. The maximum atomic E-state index is 12.6. The molecule has 1 fully saturated rings. The van der Waals surface area contributed by atoms with Crippen molar-refractivity contribution in [3.63, 3.8) is 0 Å². The van der Waals surface area contributed by atoms with E-state index >= 15 is 0 Å². The molecule has 1 aliphatic heterocycles. The van der Waals surface area contributed by atoms with E-state index in [-0.39, 0.29) is 30.3 Å². The maximum Gasteiger partial charge on any atom is 0.261 e. The van der Waals surface area contributed by atoms with E-state index < -0.39 is 6.10 Å². The number of nitrogens with zero attached hydrogens (tertiary/aromatic N) is 2. The van der Waals surface area contributed by atoms with Crippen LogP contribution in [0, 0.1) is 6.92 Å². The third-order valence-electron chi connectivity index (χ3n) is 4.42. The van der Waals surface area contributed by atoms with E-state index in [1.807, 2.05) is 6.92 Å². The molecule has 0 radical (unpaired) electrons. The Morgan fingerprint density at radius 3 is 3.04 bits per heavy atom. The first-order valence-electron chi connectivity index (χ1n) is 8.04. The van der Waals surface area contributed by atoms with Gasteiger partial charge in [-0.05, 0) is 44.0 Å². The number of nitrogens with one attached hydrogen (secondary N) is 1. The molecule has 2 N–H and O–H groups in total. The molecule has 128 valence electrons. The fourth-order valence-electron chi connectivity index (χ4n) is 3.16. The second kappa shape index (κ2) is 7.01. The molecule has 0 amide bonds. The van der Waals surface area contributed by atoms with Crippen LogP contribution in [0.3, 0.4) is 0 Å². The molecule has 2 atom stereocenters. The van der Waals surface area contributed by atoms with Crippen molar-refractivity contribution >= 4 is 28.3 Å². The number of fused-ring (bicyclic) bond motifs is 1. The van der Waals surface area contributed by atoms with Gasteiger partial charge in [0, 0.05) is 17.5 Å². The molecule has 1 saturated heterocycles. The van der Waals surface area contributed by atoms with Crippen LogP contribution >= 0.6 is 11.6 Å². The number of aryl methyl sites for hydroxylation is 1. The molecule has 1 aromatic carbocycles. The quantitative estimate of drug-likeness (QED) is 0.872. The van der Waals surface area contributed by atoms with E-state index in [9.17, 15) is 14.7 Å². The van der Waals surface area contributed by atoms with Crippen molar-refractivity contribution in [1.82, 2.24) is 14.9 Å². The summed E-state index contributed by atoms with van der Waals surface area (Å²) in [6.07, 6.45) is 2.67. The van der Waals surface area contributed by atoms with Crippen LogP contribution in [0.5, 0.6) is 0 Å². The summed E-state index contributed by atoms with van der Waals surface area (Å²) in [4.78, 5) is 29.1. The van der Waals surface area contributed by atoms with Crippen molar-refractivity contribution in [3.8, 4) is 0 Å². The number of hydrogen-bond acceptors (Lipinski definition) is 5. The minimum atomic E-state index is -0.518. The molecule has 7 heteroatoms. The van der Waals surface area contributed by atoms with Gasteiger partial charge in [0.25, 0.3) is 5.56 Å². The summed E-state index contributed by atoms with van der Waals surface area (Å²) in [5.74, 6) is -0.115. The average molecular weight is 350 g/mol. The highest BCUT2D eigenvalue weighted by atomic mass is 35.5. The van der Waals surface area contributed by atoms with Crippen LogP contribution in [-0.2, 0) is 11.3 Å². The summed E-state index contributed by atoms with van der Waals surface area (Å²) in [6, 6.07) is 3.08. The first kappa shape index (κ1) is 17.1. The van der Waals surface area contributed by atoms with E-state index in [4.69, 9.17) is 11.6 Å². The zero-order chi connectivity index (χ0) is 17.3. The average Bonchev–Trinajstić information content (AvgIpc) is 2.53. The number of benzene rings is 1. The van der Waals surface area contributed by atoms with Gasteiger partial charge in [-0.2, -0.15) is 0 Å².